The minimum absolute atomic E-state index is 0.157. The number of unbranched alkanes of at least 4 members (excludes halogenated alkanes) is 1. The van der Waals surface area contributed by atoms with Gasteiger partial charge in [0.1, 0.15) is 17.4 Å². The lowest BCUT2D eigenvalue weighted by Crippen LogP contribution is -2.44. The molecule has 1 N–H and O–H groups in total. The monoisotopic (exact) mass is 330 g/mol. The quantitative estimate of drug-likeness (QED) is 0.697. The number of carbonyl (C=O) groups excluding carboxylic acids is 1. The third-order valence-electron chi connectivity index (χ3n) is 4.36. The van der Waals surface area contributed by atoms with Gasteiger partial charge in [-0.1, -0.05) is 13.3 Å². The molecule has 5 nitrogen and oxygen atoms in total. The van der Waals surface area contributed by atoms with Gasteiger partial charge in [-0.3, -0.25) is 4.79 Å². The van der Waals surface area contributed by atoms with Crippen molar-refractivity contribution in [3.8, 4) is 11.8 Å². The number of anilines is 1. The van der Waals surface area contributed by atoms with Crippen molar-refractivity contribution in [2.24, 2.45) is 5.92 Å². The molecule has 0 radical (unpaired) electrons. The van der Waals surface area contributed by atoms with Gasteiger partial charge in [0, 0.05) is 12.3 Å². The molecule has 0 bridgehead atoms. The largest absolute Gasteiger partial charge is 0.492 e. The predicted molar refractivity (Wildman–Crippen MR) is 92.9 cm³/mol. The minimum Gasteiger partial charge on any atom is -0.492 e. The Kier molecular flexibility index (Phi) is 6.22. The first-order valence-electron chi connectivity index (χ1n) is 8.67. The number of benzene rings is 1. The SMILES string of the molecule is CCCCOc1ccc(NC(=O)C(C)(OCC)C2CC2)cc1C#N. The van der Waals surface area contributed by atoms with Crippen molar-refractivity contribution in [3.63, 3.8) is 0 Å². The van der Waals surface area contributed by atoms with Crippen molar-refractivity contribution in [1.82, 2.24) is 0 Å². The number of nitriles is 1. The van der Waals surface area contributed by atoms with Gasteiger partial charge in [-0.2, -0.15) is 5.26 Å². The van der Waals surface area contributed by atoms with Crippen LogP contribution in [-0.2, 0) is 9.53 Å². The summed E-state index contributed by atoms with van der Waals surface area (Å²) >= 11 is 0. The molecule has 1 unspecified atom stereocenters. The number of carbonyl (C=O) groups is 1. The van der Waals surface area contributed by atoms with E-state index in [1.54, 1.807) is 18.2 Å². The fourth-order valence-electron chi connectivity index (χ4n) is 2.71. The standard InChI is InChI=1S/C19H26N2O3/c1-4-6-11-23-17-10-9-16(12-14(17)13-20)21-18(22)19(3,24-5-2)15-7-8-15/h9-10,12,15H,4-8,11H2,1-3H3,(H,21,22). The third-order valence-corrected chi connectivity index (χ3v) is 4.36. The van der Waals surface area contributed by atoms with E-state index in [1.165, 1.54) is 0 Å². The number of hydrogen-bond acceptors (Lipinski definition) is 4. The van der Waals surface area contributed by atoms with Crippen LogP contribution in [0.4, 0.5) is 5.69 Å². The van der Waals surface area contributed by atoms with Crippen molar-refractivity contribution in [1.29, 1.82) is 5.26 Å². The zero-order chi connectivity index (χ0) is 17.6. The molecule has 0 heterocycles. The summed E-state index contributed by atoms with van der Waals surface area (Å²) in [5, 5.41) is 12.2. The van der Waals surface area contributed by atoms with E-state index in [1.807, 2.05) is 13.8 Å². The van der Waals surface area contributed by atoms with E-state index in [0.29, 0.717) is 30.2 Å². The fourth-order valence-corrected chi connectivity index (χ4v) is 2.71. The number of nitrogens with one attached hydrogen (secondary N) is 1. The molecule has 1 aromatic carbocycles. The Hall–Kier alpha value is -2.06. The van der Waals surface area contributed by atoms with Gasteiger partial charge in [0.05, 0.1) is 12.2 Å². The Morgan fingerprint density at radius 1 is 1.42 bits per heavy atom. The highest BCUT2D eigenvalue weighted by atomic mass is 16.5. The summed E-state index contributed by atoms with van der Waals surface area (Å²) < 4.78 is 11.4. The first-order chi connectivity index (χ1) is 11.5. The molecule has 1 fully saturated rings. The summed E-state index contributed by atoms with van der Waals surface area (Å²) in [4.78, 5) is 12.7. The zero-order valence-corrected chi connectivity index (χ0v) is 14.7. The molecule has 1 aliphatic rings. The maximum absolute atomic E-state index is 12.7. The summed E-state index contributed by atoms with van der Waals surface area (Å²) in [5.41, 5.74) is 0.206. The van der Waals surface area contributed by atoms with Gasteiger partial charge in [0.25, 0.3) is 5.91 Å². The Balaban J connectivity index is 2.09. The second-order valence-electron chi connectivity index (χ2n) is 6.29. The van der Waals surface area contributed by atoms with Crippen LogP contribution in [0.1, 0.15) is 52.0 Å². The molecule has 0 aromatic heterocycles. The van der Waals surface area contributed by atoms with Gasteiger partial charge in [0.15, 0.2) is 0 Å². The lowest BCUT2D eigenvalue weighted by Gasteiger charge is -2.28. The first-order valence-corrected chi connectivity index (χ1v) is 8.67. The lowest BCUT2D eigenvalue weighted by atomic mass is 9.98. The van der Waals surface area contributed by atoms with Crippen LogP contribution in [0.2, 0.25) is 0 Å². The molecule has 5 heteroatoms. The van der Waals surface area contributed by atoms with Crippen LogP contribution in [0.25, 0.3) is 0 Å². The Morgan fingerprint density at radius 3 is 2.75 bits per heavy atom. The van der Waals surface area contributed by atoms with Gasteiger partial charge >= 0.3 is 0 Å². The summed E-state index contributed by atoms with van der Waals surface area (Å²) in [6.07, 6.45) is 4.00. The molecule has 1 aromatic rings. The zero-order valence-electron chi connectivity index (χ0n) is 14.7. The number of nitrogens with zero attached hydrogens (tertiary/aromatic N) is 1. The topological polar surface area (TPSA) is 71.3 Å². The molecule has 24 heavy (non-hydrogen) atoms. The third kappa shape index (κ3) is 4.27. The molecule has 1 amide bonds. The van der Waals surface area contributed by atoms with Gasteiger partial charge in [-0.15, -0.1) is 0 Å². The van der Waals surface area contributed by atoms with E-state index in [4.69, 9.17) is 9.47 Å². The van der Waals surface area contributed by atoms with E-state index in [2.05, 4.69) is 18.3 Å². The van der Waals surface area contributed by atoms with Crippen LogP contribution >= 0.6 is 0 Å². The van der Waals surface area contributed by atoms with Crippen LogP contribution in [0.5, 0.6) is 5.75 Å². The molecule has 130 valence electrons. The molecule has 2 rings (SSSR count). The van der Waals surface area contributed by atoms with Gasteiger partial charge in [-0.25, -0.2) is 0 Å². The number of ether oxygens (including phenoxy) is 2. The predicted octanol–water partition coefficient (Wildman–Crippen LogP) is 3.88. The summed E-state index contributed by atoms with van der Waals surface area (Å²) in [5.74, 6) is 0.665. The number of amides is 1. The molecule has 1 saturated carbocycles. The maximum Gasteiger partial charge on any atom is 0.256 e. The van der Waals surface area contributed by atoms with E-state index in [0.717, 1.165) is 25.7 Å². The molecular formula is C19H26N2O3. The number of hydrogen-bond donors (Lipinski definition) is 1. The van der Waals surface area contributed by atoms with E-state index in [-0.39, 0.29) is 11.8 Å². The van der Waals surface area contributed by atoms with Crippen molar-refractivity contribution in [2.75, 3.05) is 18.5 Å². The average Bonchev–Trinajstić information content (AvgIpc) is 3.41. The lowest BCUT2D eigenvalue weighted by molar-refractivity contribution is -0.141. The van der Waals surface area contributed by atoms with Crippen LogP contribution < -0.4 is 10.1 Å². The minimum atomic E-state index is -0.808. The average molecular weight is 330 g/mol. The molecule has 0 spiro atoms. The molecule has 1 aliphatic carbocycles. The second-order valence-corrected chi connectivity index (χ2v) is 6.29. The highest BCUT2D eigenvalue weighted by molar-refractivity contribution is 5.97. The summed E-state index contributed by atoms with van der Waals surface area (Å²) in [6, 6.07) is 7.28. The normalized spacial score (nSPS) is 16.1. The highest BCUT2D eigenvalue weighted by Gasteiger charge is 2.48. The van der Waals surface area contributed by atoms with E-state index >= 15 is 0 Å². The van der Waals surface area contributed by atoms with Gasteiger partial charge in [0.2, 0.25) is 0 Å². The van der Waals surface area contributed by atoms with Crippen molar-refractivity contribution < 1.29 is 14.3 Å². The molecule has 0 saturated heterocycles. The Labute approximate surface area is 144 Å². The van der Waals surface area contributed by atoms with Crippen LogP contribution in [0, 0.1) is 17.2 Å². The second kappa shape index (κ2) is 8.16. The number of rotatable bonds is 9. The molecular weight excluding hydrogens is 304 g/mol. The summed E-state index contributed by atoms with van der Waals surface area (Å²) in [7, 11) is 0. The highest BCUT2D eigenvalue weighted by Crippen LogP contribution is 2.42. The fraction of sp³-hybridized carbons (Fsp3) is 0.579. The van der Waals surface area contributed by atoms with Gasteiger partial charge < -0.3 is 14.8 Å². The molecule has 1 atom stereocenters. The van der Waals surface area contributed by atoms with Crippen LogP contribution in [0.3, 0.4) is 0 Å². The smallest absolute Gasteiger partial charge is 0.256 e. The Morgan fingerprint density at radius 2 is 2.17 bits per heavy atom. The van der Waals surface area contributed by atoms with Crippen LogP contribution in [0.15, 0.2) is 18.2 Å². The van der Waals surface area contributed by atoms with Crippen molar-refractivity contribution >= 4 is 11.6 Å². The molecule has 0 aliphatic heterocycles. The van der Waals surface area contributed by atoms with E-state index in [9.17, 15) is 10.1 Å². The first kappa shape index (κ1) is 18.3. The van der Waals surface area contributed by atoms with Crippen LogP contribution in [-0.4, -0.2) is 24.7 Å². The maximum atomic E-state index is 12.7. The summed E-state index contributed by atoms with van der Waals surface area (Å²) in [6.45, 7) is 6.90. The Bertz CT molecular complexity index is 620. The van der Waals surface area contributed by atoms with E-state index < -0.39 is 5.60 Å². The van der Waals surface area contributed by atoms with Crippen molar-refractivity contribution in [3.05, 3.63) is 23.8 Å². The van der Waals surface area contributed by atoms with Gasteiger partial charge in [-0.05, 0) is 57.2 Å². The van der Waals surface area contributed by atoms with Crippen molar-refractivity contribution in [2.45, 2.75) is 52.1 Å².